The van der Waals surface area contributed by atoms with Gasteiger partial charge in [0.1, 0.15) is 0 Å². The molecule has 3 saturated heterocycles. The maximum Gasteiger partial charge on any atom is 0.434 e. The highest BCUT2D eigenvalue weighted by atomic mass is 35.5. The van der Waals surface area contributed by atoms with Crippen molar-refractivity contribution >= 4 is 29.3 Å². The average Bonchev–Trinajstić information content (AvgIpc) is 3.37. The topological polar surface area (TPSA) is 56.3 Å². The van der Waals surface area contributed by atoms with Gasteiger partial charge in [0.25, 0.3) is 6.10 Å². The van der Waals surface area contributed by atoms with Gasteiger partial charge in [-0.05, 0) is 17.7 Å². The smallest absolute Gasteiger partial charge is 0.426 e. The minimum absolute atomic E-state index is 0.0692. The summed E-state index contributed by atoms with van der Waals surface area (Å²) in [4.78, 5) is 30.7. The van der Waals surface area contributed by atoms with E-state index < -0.39 is 24.5 Å². The summed E-state index contributed by atoms with van der Waals surface area (Å²) < 4.78 is 80.1. The van der Waals surface area contributed by atoms with Gasteiger partial charge < -0.3 is 19.4 Å². The Kier molecular flexibility index (Phi) is 7.76. The number of carbonyl (C=O) groups is 2. The van der Waals surface area contributed by atoms with Crippen molar-refractivity contribution < 1.29 is 40.7 Å². The minimum Gasteiger partial charge on any atom is -0.426 e. The van der Waals surface area contributed by atoms with Crippen molar-refractivity contribution in [3.63, 3.8) is 0 Å². The fourth-order valence-electron chi connectivity index (χ4n) is 5.24. The molecule has 1 aromatic rings. The molecule has 0 N–H and O–H groups in total. The number of amides is 2. The van der Waals surface area contributed by atoms with Crippen molar-refractivity contribution in [3.05, 3.63) is 28.8 Å². The summed E-state index contributed by atoms with van der Waals surface area (Å²) in [5, 5.41) is 0.567. The van der Waals surface area contributed by atoms with Gasteiger partial charge in [-0.25, -0.2) is 4.79 Å². The number of anilines is 1. The largest absolute Gasteiger partial charge is 0.434 e. The van der Waals surface area contributed by atoms with Crippen molar-refractivity contribution in [2.75, 3.05) is 57.3 Å². The molecule has 3 aliphatic rings. The number of halogens is 7. The highest BCUT2D eigenvalue weighted by Gasteiger charge is 2.60. The van der Waals surface area contributed by atoms with Crippen LogP contribution in [0.3, 0.4) is 0 Å². The summed E-state index contributed by atoms with van der Waals surface area (Å²) in [7, 11) is 0. The van der Waals surface area contributed by atoms with Gasteiger partial charge in [0.05, 0.1) is 0 Å². The van der Waals surface area contributed by atoms with E-state index >= 15 is 0 Å². The maximum absolute atomic E-state index is 12.7. The van der Waals surface area contributed by atoms with Gasteiger partial charge in [0.15, 0.2) is 0 Å². The number of benzene rings is 1. The average molecular weight is 557 g/mol. The molecule has 3 aliphatic heterocycles. The van der Waals surface area contributed by atoms with E-state index in [1.54, 1.807) is 13.0 Å². The van der Waals surface area contributed by atoms with E-state index in [1.165, 1.54) is 0 Å². The number of rotatable bonds is 4. The van der Waals surface area contributed by atoms with Crippen LogP contribution in [0.1, 0.15) is 12.5 Å². The van der Waals surface area contributed by atoms with E-state index in [4.69, 9.17) is 11.6 Å². The second-order valence-electron chi connectivity index (χ2n) is 9.73. The fraction of sp³-hybridized carbons (Fsp3) is 0.652. The minimum atomic E-state index is -5.75. The number of alkyl halides is 6. The van der Waals surface area contributed by atoms with E-state index in [0.29, 0.717) is 36.5 Å². The first kappa shape index (κ1) is 27.6. The lowest BCUT2D eigenvalue weighted by atomic mass is 10.0. The lowest BCUT2D eigenvalue weighted by Gasteiger charge is -2.36. The van der Waals surface area contributed by atoms with Gasteiger partial charge >= 0.3 is 18.4 Å². The Morgan fingerprint density at radius 2 is 1.51 bits per heavy atom. The lowest BCUT2D eigenvalue weighted by molar-refractivity contribution is -0.308. The molecule has 1 aromatic carbocycles. The summed E-state index contributed by atoms with van der Waals surface area (Å²) in [6.07, 6.45) is -17.3. The van der Waals surface area contributed by atoms with Gasteiger partial charge in [-0.15, -0.1) is 0 Å². The monoisotopic (exact) mass is 556 g/mol. The number of fused-ring (bicyclic) bond motifs is 1. The van der Waals surface area contributed by atoms with Gasteiger partial charge in [-0.3, -0.25) is 9.69 Å². The van der Waals surface area contributed by atoms with Crippen LogP contribution in [0.2, 0.25) is 5.02 Å². The van der Waals surface area contributed by atoms with Crippen LogP contribution in [0.5, 0.6) is 0 Å². The second kappa shape index (κ2) is 10.4. The van der Waals surface area contributed by atoms with Crippen molar-refractivity contribution in [3.8, 4) is 0 Å². The lowest BCUT2D eigenvalue weighted by Crippen LogP contribution is -2.52. The fourth-order valence-corrected chi connectivity index (χ4v) is 5.40. The third kappa shape index (κ3) is 6.36. The quantitative estimate of drug-likeness (QED) is 0.525. The molecule has 0 spiro atoms. The summed E-state index contributed by atoms with van der Waals surface area (Å²) in [6, 6.07) is 5.53. The molecule has 3 fully saturated rings. The molecule has 37 heavy (non-hydrogen) atoms. The predicted molar refractivity (Wildman–Crippen MR) is 122 cm³/mol. The molecule has 4 rings (SSSR count). The van der Waals surface area contributed by atoms with Crippen molar-refractivity contribution in [1.82, 2.24) is 14.7 Å². The number of nitrogens with zero attached hydrogens (tertiary/aromatic N) is 4. The number of hydrogen-bond donors (Lipinski definition) is 0. The normalized spacial score (nSPS) is 23.1. The molecule has 0 radical (unpaired) electrons. The van der Waals surface area contributed by atoms with Crippen LogP contribution in [-0.4, -0.2) is 97.5 Å². The van der Waals surface area contributed by atoms with Gasteiger partial charge in [0, 0.05) is 88.4 Å². The zero-order valence-corrected chi connectivity index (χ0v) is 20.7. The first-order valence-corrected chi connectivity index (χ1v) is 12.2. The molecule has 2 unspecified atom stereocenters. The summed E-state index contributed by atoms with van der Waals surface area (Å²) in [5.41, 5.74) is 1.93. The third-order valence-corrected chi connectivity index (χ3v) is 7.39. The van der Waals surface area contributed by atoms with Crippen molar-refractivity contribution in [2.24, 2.45) is 11.8 Å². The highest BCUT2D eigenvalue weighted by molar-refractivity contribution is 6.30. The molecule has 3 heterocycles. The Morgan fingerprint density at radius 1 is 0.946 bits per heavy atom. The van der Waals surface area contributed by atoms with Gasteiger partial charge in [-0.2, -0.15) is 26.3 Å². The van der Waals surface area contributed by atoms with Crippen LogP contribution in [-0.2, 0) is 16.1 Å². The SMILES string of the molecule is CC(=O)N1CC2CN(c3cc(Cl)ccc3CN3CCN(C(=O)OC(C(F)(F)F)C(F)(F)F)CC3)CC2C1. The summed E-state index contributed by atoms with van der Waals surface area (Å²) in [5.74, 6) is 0.796. The van der Waals surface area contributed by atoms with E-state index in [-0.39, 0.29) is 32.1 Å². The molecule has 2 amide bonds. The van der Waals surface area contributed by atoms with Crippen molar-refractivity contribution in [2.45, 2.75) is 31.9 Å². The molecule has 206 valence electrons. The van der Waals surface area contributed by atoms with Crippen LogP contribution in [0.15, 0.2) is 18.2 Å². The Labute approximate surface area is 214 Å². The zero-order valence-electron chi connectivity index (χ0n) is 20.0. The molecule has 0 bridgehead atoms. The molecule has 14 heteroatoms. The van der Waals surface area contributed by atoms with Crippen LogP contribution in [0, 0.1) is 11.8 Å². The van der Waals surface area contributed by atoms with E-state index in [9.17, 15) is 35.9 Å². The zero-order chi connectivity index (χ0) is 27.1. The number of carbonyl (C=O) groups excluding carboxylic acids is 2. The molecule has 7 nitrogen and oxygen atoms in total. The number of hydrogen-bond acceptors (Lipinski definition) is 5. The van der Waals surface area contributed by atoms with E-state index in [0.717, 1.165) is 29.2 Å². The van der Waals surface area contributed by atoms with Gasteiger partial charge in [0.2, 0.25) is 5.91 Å². The predicted octanol–water partition coefficient (Wildman–Crippen LogP) is 4.00. The van der Waals surface area contributed by atoms with Crippen molar-refractivity contribution in [1.29, 1.82) is 0 Å². The Bertz CT molecular complexity index is 987. The molecular weight excluding hydrogens is 530 g/mol. The van der Waals surface area contributed by atoms with Crippen LogP contribution < -0.4 is 4.90 Å². The molecular formula is C23H27ClF6N4O3. The van der Waals surface area contributed by atoms with Crippen LogP contribution in [0.25, 0.3) is 0 Å². The summed E-state index contributed by atoms with van der Waals surface area (Å²) in [6.45, 7) is 5.38. The van der Waals surface area contributed by atoms with Crippen LogP contribution in [0.4, 0.5) is 36.8 Å². The second-order valence-corrected chi connectivity index (χ2v) is 10.2. The maximum atomic E-state index is 12.7. The van der Waals surface area contributed by atoms with E-state index in [1.807, 2.05) is 21.9 Å². The van der Waals surface area contributed by atoms with E-state index in [2.05, 4.69) is 9.64 Å². The summed E-state index contributed by atoms with van der Waals surface area (Å²) >= 11 is 6.27. The standard InChI is InChI=1S/C23H27ClF6N4O3/c1-14(35)33-10-16-12-34(13-17(16)11-33)19-8-18(24)3-2-15(19)9-31-4-6-32(7-5-31)21(36)37-20(22(25,26)27)23(28,29)30/h2-3,8,16-17,20H,4-7,9-13H2,1H3. The Balaban J connectivity index is 1.35. The molecule has 0 aromatic heterocycles. The number of likely N-dealkylation sites (tertiary alicyclic amines) is 1. The first-order valence-electron chi connectivity index (χ1n) is 11.8. The molecule has 2 atom stereocenters. The number of ether oxygens (including phenoxy) is 1. The number of piperazine rings is 1. The Hall–Kier alpha value is -2.41. The molecule has 0 aliphatic carbocycles. The van der Waals surface area contributed by atoms with Crippen LogP contribution >= 0.6 is 11.6 Å². The first-order chi connectivity index (χ1) is 17.2. The third-order valence-electron chi connectivity index (χ3n) is 7.16. The Morgan fingerprint density at radius 3 is 2.03 bits per heavy atom. The molecule has 0 saturated carbocycles. The highest BCUT2D eigenvalue weighted by Crippen LogP contribution is 2.38. The van der Waals surface area contributed by atoms with Gasteiger partial charge in [-0.1, -0.05) is 17.7 Å².